The van der Waals surface area contributed by atoms with E-state index < -0.39 is 5.91 Å². The third kappa shape index (κ3) is 3.23. The fourth-order valence-corrected chi connectivity index (χ4v) is 2.01. The molecule has 0 spiro atoms. The summed E-state index contributed by atoms with van der Waals surface area (Å²) >= 11 is 3.32. The molecular weight excluding hydrogens is 310 g/mol. The van der Waals surface area contributed by atoms with Crippen LogP contribution in [0.25, 0.3) is 0 Å². The third-order valence-corrected chi connectivity index (χ3v) is 2.89. The summed E-state index contributed by atoms with van der Waals surface area (Å²) in [5, 5.41) is 0. The zero-order valence-electron chi connectivity index (χ0n) is 9.97. The highest BCUT2D eigenvalue weighted by atomic mass is 79.9. The summed E-state index contributed by atoms with van der Waals surface area (Å²) in [7, 11) is 0. The van der Waals surface area contributed by atoms with Crippen LogP contribution >= 0.6 is 15.9 Å². The topological polar surface area (TPSA) is 91.2 Å². The van der Waals surface area contributed by atoms with E-state index in [0.29, 0.717) is 11.4 Å². The van der Waals surface area contributed by atoms with Gasteiger partial charge in [-0.3, -0.25) is 9.78 Å². The van der Waals surface area contributed by atoms with Crippen LogP contribution in [-0.4, -0.2) is 10.9 Å². The van der Waals surface area contributed by atoms with Crippen molar-refractivity contribution >= 4 is 27.5 Å². The molecule has 6 heteroatoms. The van der Waals surface area contributed by atoms with Gasteiger partial charge in [-0.1, -0.05) is 6.07 Å². The van der Waals surface area contributed by atoms with Crippen molar-refractivity contribution in [2.24, 2.45) is 5.73 Å². The predicted molar refractivity (Wildman–Crippen MR) is 75.6 cm³/mol. The molecule has 2 aromatic rings. The molecule has 0 aliphatic carbocycles. The highest BCUT2D eigenvalue weighted by Crippen LogP contribution is 2.27. The van der Waals surface area contributed by atoms with E-state index in [1.165, 1.54) is 0 Å². The first kappa shape index (κ1) is 13.4. The molecular formula is C13H12BrN3O2. The van der Waals surface area contributed by atoms with Gasteiger partial charge in [-0.15, -0.1) is 0 Å². The van der Waals surface area contributed by atoms with Gasteiger partial charge in [0.05, 0.1) is 11.3 Å². The van der Waals surface area contributed by atoms with Crippen LogP contribution in [0.5, 0.6) is 5.75 Å². The number of ether oxygens (including phenoxy) is 1. The number of rotatable bonds is 4. The average molecular weight is 322 g/mol. The SMILES string of the molecule is NC(=O)c1cccc(N)c1OCc1cncc(Br)c1. The number of anilines is 1. The van der Waals surface area contributed by atoms with Crippen molar-refractivity contribution in [3.8, 4) is 5.75 Å². The molecule has 19 heavy (non-hydrogen) atoms. The lowest BCUT2D eigenvalue weighted by Gasteiger charge is -2.12. The number of pyridine rings is 1. The zero-order chi connectivity index (χ0) is 13.8. The minimum Gasteiger partial charge on any atom is -0.486 e. The van der Waals surface area contributed by atoms with E-state index in [9.17, 15) is 4.79 Å². The van der Waals surface area contributed by atoms with Gasteiger partial charge in [0.1, 0.15) is 6.61 Å². The molecule has 0 bridgehead atoms. The molecule has 0 radical (unpaired) electrons. The van der Waals surface area contributed by atoms with Gasteiger partial charge in [-0.05, 0) is 34.1 Å². The molecule has 0 aliphatic heterocycles. The maximum Gasteiger partial charge on any atom is 0.252 e. The molecule has 1 amide bonds. The lowest BCUT2D eigenvalue weighted by atomic mass is 10.1. The van der Waals surface area contributed by atoms with Gasteiger partial charge < -0.3 is 16.2 Å². The first-order valence-electron chi connectivity index (χ1n) is 5.48. The van der Waals surface area contributed by atoms with Crippen LogP contribution in [0.3, 0.4) is 0 Å². The van der Waals surface area contributed by atoms with Gasteiger partial charge >= 0.3 is 0 Å². The summed E-state index contributed by atoms with van der Waals surface area (Å²) in [5.41, 5.74) is 12.6. The molecule has 4 N–H and O–H groups in total. The smallest absolute Gasteiger partial charge is 0.252 e. The van der Waals surface area contributed by atoms with E-state index in [0.717, 1.165) is 10.0 Å². The normalized spacial score (nSPS) is 10.2. The maximum atomic E-state index is 11.3. The minimum absolute atomic E-state index is 0.251. The predicted octanol–water partition coefficient (Wildman–Crippen LogP) is 2.10. The third-order valence-electron chi connectivity index (χ3n) is 2.46. The van der Waals surface area contributed by atoms with E-state index in [4.69, 9.17) is 16.2 Å². The van der Waals surface area contributed by atoms with Crippen LogP contribution in [0.4, 0.5) is 5.69 Å². The molecule has 0 saturated heterocycles. The molecule has 0 fully saturated rings. The monoisotopic (exact) mass is 321 g/mol. The number of para-hydroxylation sites is 1. The number of carbonyl (C=O) groups is 1. The Morgan fingerprint density at radius 1 is 1.37 bits per heavy atom. The molecule has 1 aromatic heterocycles. The summed E-state index contributed by atoms with van der Waals surface area (Å²) in [6.07, 6.45) is 3.35. The number of nitrogens with two attached hydrogens (primary N) is 2. The van der Waals surface area contributed by atoms with Gasteiger partial charge in [0.15, 0.2) is 5.75 Å². The van der Waals surface area contributed by atoms with E-state index in [1.54, 1.807) is 30.6 Å². The number of hydrogen-bond donors (Lipinski definition) is 2. The Morgan fingerprint density at radius 3 is 2.84 bits per heavy atom. The zero-order valence-corrected chi connectivity index (χ0v) is 11.6. The number of amides is 1. The summed E-state index contributed by atoms with van der Waals surface area (Å²) in [6, 6.07) is 6.76. The Bertz CT molecular complexity index is 617. The number of nitrogen functional groups attached to an aromatic ring is 1. The maximum absolute atomic E-state index is 11.3. The highest BCUT2D eigenvalue weighted by molar-refractivity contribution is 9.10. The average Bonchev–Trinajstić information content (AvgIpc) is 2.37. The first-order chi connectivity index (χ1) is 9.08. The molecule has 1 aromatic carbocycles. The highest BCUT2D eigenvalue weighted by Gasteiger charge is 2.12. The summed E-state index contributed by atoms with van der Waals surface area (Å²) < 4.78 is 6.44. The van der Waals surface area contributed by atoms with Crippen molar-refractivity contribution in [3.63, 3.8) is 0 Å². The number of aromatic nitrogens is 1. The molecule has 0 unspecified atom stereocenters. The molecule has 0 saturated carbocycles. The van der Waals surface area contributed by atoms with Crippen LogP contribution in [0.2, 0.25) is 0 Å². The van der Waals surface area contributed by atoms with Crippen LogP contribution in [0.15, 0.2) is 41.1 Å². The molecule has 2 rings (SSSR count). The quantitative estimate of drug-likeness (QED) is 0.843. The second kappa shape index (κ2) is 5.71. The number of hydrogen-bond acceptors (Lipinski definition) is 4. The summed E-state index contributed by atoms with van der Waals surface area (Å²) in [6.45, 7) is 0.251. The lowest BCUT2D eigenvalue weighted by Crippen LogP contribution is -2.14. The second-order valence-corrected chi connectivity index (χ2v) is 4.80. The van der Waals surface area contributed by atoms with Gasteiger partial charge in [-0.2, -0.15) is 0 Å². The van der Waals surface area contributed by atoms with Crippen molar-refractivity contribution < 1.29 is 9.53 Å². The van der Waals surface area contributed by atoms with E-state index in [1.807, 2.05) is 6.07 Å². The van der Waals surface area contributed by atoms with Crippen molar-refractivity contribution in [2.45, 2.75) is 6.61 Å². The lowest BCUT2D eigenvalue weighted by molar-refractivity contribution is 0.0996. The van der Waals surface area contributed by atoms with Crippen molar-refractivity contribution in [1.82, 2.24) is 4.98 Å². The van der Waals surface area contributed by atoms with Crippen LogP contribution in [0, 0.1) is 0 Å². The number of nitrogens with zero attached hydrogens (tertiary/aromatic N) is 1. The first-order valence-corrected chi connectivity index (χ1v) is 6.27. The number of benzene rings is 1. The fraction of sp³-hybridized carbons (Fsp3) is 0.0769. The fourth-order valence-electron chi connectivity index (χ4n) is 1.60. The number of primary amides is 1. The van der Waals surface area contributed by atoms with E-state index in [-0.39, 0.29) is 12.2 Å². The second-order valence-electron chi connectivity index (χ2n) is 3.89. The Balaban J connectivity index is 2.22. The van der Waals surface area contributed by atoms with Crippen molar-refractivity contribution in [1.29, 1.82) is 0 Å². The van der Waals surface area contributed by atoms with Gasteiger partial charge in [0, 0.05) is 22.4 Å². The summed E-state index contributed by atoms with van der Waals surface area (Å²) in [4.78, 5) is 15.3. The molecule has 5 nitrogen and oxygen atoms in total. The van der Waals surface area contributed by atoms with Gasteiger partial charge in [-0.25, -0.2) is 0 Å². The Labute approximate surface area is 118 Å². The van der Waals surface area contributed by atoms with Gasteiger partial charge in [0.25, 0.3) is 5.91 Å². The number of carbonyl (C=O) groups excluding carboxylic acids is 1. The molecule has 0 atom stereocenters. The molecule has 0 aliphatic rings. The summed E-state index contributed by atoms with van der Waals surface area (Å²) in [5.74, 6) is -0.273. The standard InChI is InChI=1S/C13H12BrN3O2/c14-9-4-8(5-17-6-9)7-19-12-10(13(16)18)2-1-3-11(12)15/h1-6H,7,15H2,(H2,16,18). The van der Waals surface area contributed by atoms with E-state index >= 15 is 0 Å². The Morgan fingerprint density at radius 2 is 2.16 bits per heavy atom. The Hall–Kier alpha value is -2.08. The van der Waals surface area contributed by atoms with Gasteiger partial charge in [0.2, 0.25) is 0 Å². The minimum atomic E-state index is -0.574. The van der Waals surface area contributed by atoms with Crippen molar-refractivity contribution in [2.75, 3.05) is 5.73 Å². The molecule has 1 heterocycles. The van der Waals surface area contributed by atoms with Crippen molar-refractivity contribution in [3.05, 3.63) is 52.3 Å². The van der Waals surface area contributed by atoms with Crippen LogP contribution in [-0.2, 0) is 6.61 Å². The van der Waals surface area contributed by atoms with Crippen LogP contribution in [0.1, 0.15) is 15.9 Å². The van der Waals surface area contributed by atoms with E-state index in [2.05, 4.69) is 20.9 Å². The van der Waals surface area contributed by atoms with Crippen LogP contribution < -0.4 is 16.2 Å². The Kier molecular flexibility index (Phi) is 4.01. The number of halogens is 1. The largest absolute Gasteiger partial charge is 0.486 e. The molecule has 98 valence electrons.